The van der Waals surface area contributed by atoms with Crippen molar-refractivity contribution in [1.29, 1.82) is 0 Å². The van der Waals surface area contributed by atoms with Crippen molar-refractivity contribution >= 4 is 43.9 Å². The lowest BCUT2D eigenvalue weighted by Crippen LogP contribution is -1.98. The van der Waals surface area contributed by atoms with Crippen molar-refractivity contribution in [2.75, 3.05) is 11.1 Å². The Kier molecular flexibility index (Phi) is 3.47. The molecule has 3 rings (SSSR count). The minimum absolute atomic E-state index is 0.0469. The lowest BCUT2D eigenvalue weighted by Gasteiger charge is -2.11. The van der Waals surface area contributed by atoms with Crippen LogP contribution in [-0.2, 0) is 0 Å². The van der Waals surface area contributed by atoms with Gasteiger partial charge >= 0.3 is 0 Å². The molecule has 1 heterocycles. The van der Waals surface area contributed by atoms with Crippen LogP contribution in [0.25, 0.3) is 10.9 Å². The number of rotatable bonds is 2. The molecular weight excluding hydrogens is 340 g/mol. The van der Waals surface area contributed by atoms with E-state index in [9.17, 15) is 8.78 Å². The second-order valence-electron chi connectivity index (χ2n) is 4.47. The molecule has 0 aliphatic rings. The molecule has 0 amide bonds. The van der Waals surface area contributed by atoms with E-state index >= 15 is 0 Å². The number of fused-ring (bicyclic) bond motifs is 1. The van der Waals surface area contributed by atoms with E-state index in [1.807, 2.05) is 6.07 Å². The van der Waals surface area contributed by atoms with Gasteiger partial charge in [0.05, 0.1) is 21.4 Å². The van der Waals surface area contributed by atoms with Crippen molar-refractivity contribution in [3.05, 3.63) is 58.7 Å². The fraction of sp³-hybridized carbons (Fsp3) is 0. The average molecular weight is 350 g/mol. The molecule has 0 saturated carbocycles. The number of para-hydroxylation sites is 1. The normalized spacial score (nSPS) is 10.8. The van der Waals surface area contributed by atoms with Crippen LogP contribution in [0.15, 0.2) is 47.1 Å². The minimum atomic E-state index is -0.558. The Morgan fingerprint density at radius 3 is 2.67 bits per heavy atom. The molecule has 106 valence electrons. The predicted molar refractivity (Wildman–Crippen MR) is 83.5 cm³/mol. The van der Waals surface area contributed by atoms with E-state index in [2.05, 4.69) is 26.2 Å². The zero-order valence-electron chi connectivity index (χ0n) is 10.7. The summed E-state index contributed by atoms with van der Waals surface area (Å²) in [6.45, 7) is 0. The van der Waals surface area contributed by atoms with Crippen LogP contribution in [0.4, 0.5) is 25.8 Å². The molecule has 1 aromatic heterocycles. The first kappa shape index (κ1) is 13.8. The molecule has 0 saturated heterocycles. The molecule has 2 aromatic carbocycles. The van der Waals surface area contributed by atoms with Crippen LogP contribution >= 0.6 is 15.9 Å². The van der Waals surface area contributed by atoms with Crippen LogP contribution in [-0.4, -0.2) is 4.98 Å². The Bertz CT molecular complexity index is 837. The summed E-state index contributed by atoms with van der Waals surface area (Å²) in [6.07, 6.45) is 1.56. The number of aromatic nitrogens is 1. The number of halogens is 3. The van der Waals surface area contributed by atoms with Gasteiger partial charge in [0.25, 0.3) is 0 Å². The molecular formula is C15H10BrF2N3. The third kappa shape index (κ3) is 2.54. The second kappa shape index (κ2) is 5.29. The number of nitrogens with zero attached hydrogens (tertiary/aromatic N) is 1. The predicted octanol–water partition coefficient (Wildman–Crippen LogP) is 4.60. The molecule has 0 unspecified atom stereocenters. The number of nitrogen functional groups attached to an aromatic ring is 1. The molecule has 0 aliphatic heterocycles. The Balaban J connectivity index is 2.11. The van der Waals surface area contributed by atoms with Gasteiger partial charge in [-0.2, -0.15) is 0 Å². The summed E-state index contributed by atoms with van der Waals surface area (Å²) in [5, 5.41) is 3.62. The van der Waals surface area contributed by atoms with Gasteiger partial charge in [-0.1, -0.05) is 12.1 Å². The van der Waals surface area contributed by atoms with Crippen molar-refractivity contribution in [1.82, 2.24) is 4.98 Å². The molecule has 0 spiro atoms. The first-order chi connectivity index (χ1) is 10.1. The van der Waals surface area contributed by atoms with Crippen molar-refractivity contribution in [2.24, 2.45) is 0 Å². The number of hydrogen-bond donors (Lipinski definition) is 2. The summed E-state index contributed by atoms with van der Waals surface area (Å²) in [5.74, 6) is -1.10. The van der Waals surface area contributed by atoms with Crippen LogP contribution in [0, 0.1) is 11.6 Å². The lowest BCUT2D eigenvalue weighted by atomic mass is 10.1. The van der Waals surface area contributed by atoms with E-state index < -0.39 is 11.6 Å². The van der Waals surface area contributed by atoms with E-state index in [4.69, 9.17) is 5.73 Å². The first-order valence-corrected chi connectivity index (χ1v) is 6.90. The van der Waals surface area contributed by atoms with Crippen molar-refractivity contribution in [2.45, 2.75) is 0 Å². The zero-order valence-corrected chi connectivity index (χ0v) is 12.3. The fourth-order valence-electron chi connectivity index (χ4n) is 2.07. The topological polar surface area (TPSA) is 50.9 Å². The van der Waals surface area contributed by atoms with Gasteiger partial charge in [0.15, 0.2) is 0 Å². The Morgan fingerprint density at radius 1 is 1.05 bits per heavy atom. The molecule has 3 aromatic rings. The van der Waals surface area contributed by atoms with Crippen molar-refractivity contribution < 1.29 is 8.78 Å². The van der Waals surface area contributed by atoms with Gasteiger partial charge in [-0.15, -0.1) is 0 Å². The second-order valence-corrected chi connectivity index (χ2v) is 5.33. The van der Waals surface area contributed by atoms with Crippen LogP contribution in [0.1, 0.15) is 0 Å². The molecule has 0 atom stereocenters. The largest absolute Gasteiger partial charge is 0.397 e. The van der Waals surface area contributed by atoms with Crippen molar-refractivity contribution in [3.63, 3.8) is 0 Å². The van der Waals surface area contributed by atoms with Gasteiger partial charge < -0.3 is 11.1 Å². The summed E-state index contributed by atoms with van der Waals surface area (Å²) in [6, 6.07) is 9.19. The summed E-state index contributed by atoms with van der Waals surface area (Å²) >= 11 is 2.95. The average Bonchev–Trinajstić information content (AvgIpc) is 2.46. The van der Waals surface area contributed by atoms with E-state index in [1.165, 1.54) is 0 Å². The number of nitrogens with two attached hydrogens (primary N) is 1. The quantitative estimate of drug-likeness (QED) is 0.525. The zero-order chi connectivity index (χ0) is 15.0. The summed E-state index contributed by atoms with van der Waals surface area (Å²) < 4.78 is 27.5. The summed E-state index contributed by atoms with van der Waals surface area (Å²) in [7, 11) is 0. The van der Waals surface area contributed by atoms with Gasteiger partial charge in [0.1, 0.15) is 11.6 Å². The highest BCUT2D eigenvalue weighted by Gasteiger charge is 2.10. The first-order valence-electron chi connectivity index (χ1n) is 6.11. The lowest BCUT2D eigenvalue weighted by molar-refractivity contribution is 0.598. The molecule has 0 aliphatic carbocycles. The van der Waals surface area contributed by atoms with Crippen LogP contribution < -0.4 is 11.1 Å². The van der Waals surface area contributed by atoms with Crippen LogP contribution in [0.3, 0.4) is 0 Å². The highest BCUT2D eigenvalue weighted by Crippen LogP contribution is 2.30. The number of nitrogens with one attached hydrogen (secondary N) is 1. The monoisotopic (exact) mass is 349 g/mol. The van der Waals surface area contributed by atoms with Gasteiger partial charge in [0.2, 0.25) is 0 Å². The number of benzene rings is 2. The van der Waals surface area contributed by atoms with Crippen LogP contribution in [0.2, 0.25) is 0 Å². The van der Waals surface area contributed by atoms with Gasteiger partial charge in [-0.3, -0.25) is 4.98 Å². The maximum atomic E-state index is 13.9. The smallest absolute Gasteiger partial charge is 0.147 e. The molecule has 6 heteroatoms. The maximum Gasteiger partial charge on any atom is 0.147 e. The van der Waals surface area contributed by atoms with Crippen LogP contribution in [0.5, 0.6) is 0 Å². The minimum Gasteiger partial charge on any atom is -0.397 e. The molecule has 3 N–H and O–H groups in total. The number of hydrogen-bond acceptors (Lipinski definition) is 3. The van der Waals surface area contributed by atoms with E-state index in [0.29, 0.717) is 16.9 Å². The molecule has 3 nitrogen and oxygen atoms in total. The summed E-state index contributed by atoms with van der Waals surface area (Å²) in [5.41, 5.74) is 7.65. The third-order valence-corrected chi connectivity index (χ3v) is 3.69. The van der Waals surface area contributed by atoms with Crippen molar-refractivity contribution in [3.8, 4) is 0 Å². The SMILES string of the molecule is Nc1cccc2c(Nc3cc(F)c(Br)cc3F)ccnc12. The maximum absolute atomic E-state index is 13.9. The van der Waals surface area contributed by atoms with E-state index in [0.717, 1.165) is 17.5 Å². The van der Waals surface area contributed by atoms with Gasteiger partial charge in [0, 0.05) is 23.3 Å². The Hall–Kier alpha value is -2.21. The third-order valence-electron chi connectivity index (χ3n) is 3.08. The standard InChI is InChI=1S/C15H10BrF2N3/c16-9-6-11(18)14(7-10(9)17)21-13-4-5-20-15-8(13)2-1-3-12(15)19/h1-7H,19H2,(H,20,21). The molecule has 21 heavy (non-hydrogen) atoms. The highest BCUT2D eigenvalue weighted by molar-refractivity contribution is 9.10. The van der Waals surface area contributed by atoms with E-state index in [-0.39, 0.29) is 10.2 Å². The highest BCUT2D eigenvalue weighted by atomic mass is 79.9. The molecule has 0 bridgehead atoms. The van der Waals surface area contributed by atoms with Gasteiger partial charge in [-0.05, 0) is 34.1 Å². The number of anilines is 3. The molecule has 0 fully saturated rings. The number of pyridine rings is 1. The van der Waals surface area contributed by atoms with E-state index in [1.54, 1.807) is 24.4 Å². The Labute approximate surface area is 127 Å². The van der Waals surface area contributed by atoms with Gasteiger partial charge in [-0.25, -0.2) is 8.78 Å². The molecule has 0 radical (unpaired) electrons. The summed E-state index contributed by atoms with van der Waals surface area (Å²) in [4.78, 5) is 4.20. The fourth-order valence-corrected chi connectivity index (χ4v) is 2.39. The Morgan fingerprint density at radius 2 is 1.86 bits per heavy atom.